The fourth-order valence-electron chi connectivity index (χ4n) is 1.97. The summed E-state index contributed by atoms with van der Waals surface area (Å²) in [5.74, 6) is 1.68. The Morgan fingerprint density at radius 1 is 1.21 bits per heavy atom. The summed E-state index contributed by atoms with van der Waals surface area (Å²) >= 11 is 1.75. The maximum absolute atomic E-state index is 5.17. The number of rotatable bonds is 2. The van der Waals surface area contributed by atoms with Crippen LogP contribution in [0.15, 0.2) is 29.4 Å². The van der Waals surface area contributed by atoms with Gasteiger partial charge in [0.1, 0.15) is 5.75 Å². The van der Waals surface area contributed by atoms with Crippen molar-refractivity contribution in [1.82, 2.24) is 14.9 Å². The first kappa shape index (κ1) is 12.3. The maximum Gasteiger partial charge on any atom is 0.210 e. The normalized spacial score (nSPS) is 21.6. The molecule has 5 nitrogen and oxygen atoms in total. The van der Waals surface area contributed by atoms with E-state index in [4.69, 9.17) is 4.74 Å². The molecule has 3 rings (SSSR count). The molecule has 19 heavy (non-hydrogen) atoms. The number of thioether (sulfide) groups is 1. The molecular formula is C13H16N4OS. The summed E-state index contributed by atoms with van der Waals surface area (Å²) in [5, 5.41) is 9.92. The molecule has 1 aromatic heterocycles. The van der Waals surface area contributed by atoms with Gasteiger partial charge in [0.2, 0.25) is 5.16 Å². The highest BCUT2D eigenvalue weighted by Gasteiger charge is 2.26. The average molecular weight is 276 g/mol. The quantitative estimate of drug-likeness (QED) is 0.912. The van der Waals surface area contributed by atoms with Crippen LogP contribution < -0.4 is 10.2 Å². The number of hydrogen-bond donors (Lipinski definition) is 1. The standard InChI is InChI=1S/C13H16N4OS/c1-8-9(2)19-13-15-14-12(17(13)16-8)10-4-6-11(18-3)7-5-10/h4-9,16H,1-3H3. The van der Waals surface area contributed by atoms with E-state index < -0.39 is 0 Å². The van der Waals surface area contributed by atoms with E-state index in [0.717, 1.165) is 22.3 Å². The van der Waals surface area contributed by atoms with Gasteiger partial charge >= 0.3 is 0 Å². The van der Waals surface area contributed by atoms with Crippen LogP contribution in [0.5, 0.6) is 5.75 Å². The third-order valence-electron chi connectivity index (χ3n) is 3.31. The van der Waals surface area contributed by atoms with E-state index >= 15 is 0 Å². The summed E-state index contributed by atoms with van der Waals surface area (Å²) < 4.78 is 7.14. The molecule has 2 unspecified atom stereocenters. The molecule has 2 atom stereocenters. The predicted molar refractivity (Wildman–Crippen MR) is 76.2 cm³/mol. The lowest BCUT2D eigenvalue weighted by Crippen LogP contribution is -2.37. The van der Waals surface area contributed by atoms with E-state index in [9.17, 15) is 0 Å². The zero-order valence-corrected chi connectivity index (χ0v) is 11.9. The van der Waals surface area contributed by atoms with E-state index in [1.54, 1.807) is 18.9 Å². The Morgan fingerprint density at radius 3 is 2.63 bits per heavy atom. The van der Waals surface area contributed by atoms with Crippen LogP contribution in [0.4, 0.5) is 0 Å². The topological polar surface area (TPSA) is 52.0 Å². The first-order valence-corrected chi connectivity index (χ1v) is 7.10. The fraction of sp³-hybridized carbons (Fsp3) is 0.385. The summed E-state index contributed by atoms with van der Waals surface area (Å²) in [7, 11) is 1.66. The van der Waals surface area contributed by atoms with Gasteiger partial charge in [0, 0.05) is 10.8 Å². The third-order valence-corrected chi connectivity index (χ3v) is 4.56. The molecule has 1 aromatic carbocycles. The zero-order valence-electron chi connectivity index (χ0n) is 11.1. The van der Waals surface area contributed by atoms with Crippen LogP contribution >= 0.6 is 11.8 Å². The maximum atomic E-state index is 5.17. The summed E-state index contributed by atoms with van der Waals surface area (Å²) in [4.78, 5) is 0. The first-order valence-electron chi connectivity index (χ1n) is 6.22. The lowest BCUT2D eigenvalue weighted by atomic mass is 10.2. The summed E-state index contributed by atoms with van der Waals surface area (Å²) in [5.41, 5.74) is 4.45. The molecule has 0 amide bonds. The molecule has 0 saturated carbocycles. The average Bonchev–Trinajstić information content (AvgIpc) is 2.82. The zero-order chi connectivity index (χ0) is 13.4. The molecule has 100 valence electrons. The second kappa shape index (κ2) is 4.77. The summed E-state index contributed by atoms with van der Waals surface area (Å²) in [6.07, 6.45) is 0. The van der Waals surface area contributed by atoms with Crippen molar-refractivity contribution in [2.45, 2.75) is 30.3 Å². The van der Waals surface area contributed by atoms with Gasteiger partial charge in [0.25, 0.3) is 0 Å². The van der Waals surface area contributed by atoms with Gasteiger partial charge in [-0.2, -0.15) is 0 Å². The van der Waals surface area contributed by atoms with Crippen LogP contribution in [-0.4, -0.2) is 33.3 Å². The van der Waals surface area contributed by atoms with Crippen molar-refractivity contribution in [2.75, 3.05) is 12.5 Å². The van der Waals surface area contributed by atoms with E-state index in [1.165, 1.54) is 0 Å². The molecule has 0 aliphatic carbocycles. The highest BCUT2D eigenvalue weighted by molar-refractivity contribution is 7.99. The van der Waals surface area contributed by atoms with Gasteiger partial charge < -0.3 is 10.2 Å². The van der Waals surface area contributed by atoms with Crippen LogP contribution in [0.2, 0.25) is 0 Å². The van der Waals surface area contributed by atoms with Crippen molar-refractivity contribution in [2.24, 2.45) is 0 Å². The molecule has 2 heterocycles. The van der Waals surface area contributed by atoms with Crippen molar-refractivity contribution >= 4 is 11.8 Å². The predicted octanol–water partition coefficient (Wildman–Crippen LogP) is 2.38. The monoisotopic (exact) mass is 276 g/mol. The highest BCUT2D eigenvalue weighted by atomic mass is 32.2. The number of benzene rings is 1. The minimum atomic E-state index is 0.380. The van der Waals surface area contributed by atoms with Crippen LogP contribution in [0, 0.1) is 0 Å². The number of ether oxygens (including phenoxy) is 1. The number of nitrogens with zero attached hydrogens (tertiary/aromatic N) is 3. The molecule has 0 radical (unpaired) electrons. The Bertz CT molecular complexity index is 581. The van der Waals surface area contributed by atoms with E-state index in [0.29, 0.717) is 11.3 Å². The molecule has 1 aliphatic heterocycles. The molecule has 1 N–H and O–H groups in total. The Kier molecular flexibility index (Phi) is 3.10. The van der Waals surface area contributed by atoms with Crippen LogP contribution in [0.25, 0.3) is 11.4 Å². The second-order valence-electron chi connectivity index (χ2n) is 4.61. The Morgan fingerprint density at radius 2 is 1.95 bits per heavy atom. The van der Waals surface area contributed by atoms with Crippen molar-refractivity contribution in [3.63, 3.8) is 0 Å². The van der Waals surface area contributed by atoms with Crippen LogP contribution in [0.3, 0.4) is 0 Å². The van der Waals surface area contributed by atoms with E-state index in [-0.39, 0.29) is 0 Å². The number of fused-ring (bicyclic) bond motifs is 1. The molecule has 1 aliphatic rings. The molecule has 0 bridgehead atoms. The van der Waals surface area contributed by atoms with Gasteiger partial charge in [0.05, 0.1) is 13.2 Å². The van der Waals surface area contributed by atoms with Crippen molar-refractivity contribution in [3.05, 3.63) is 24.3 Å². The van der Waals surface area contributed by atoms with Crippen LogP contribution in [-0.2, 0) is 0 Å². The van der Waals surface area contributed by atoms with Crippen molar-refractivity contribution in [3.8, 4) is 17.1 Å². The molecule has 6 heteroatoms. The molecule has 0 fully saturated rings. The Hall–Kier alpha value is -1.69. The van der Waals surface area contributed by atoms with E-state index in [2.05, 4.69) is 29.5 Å². The summed E-state index contributed by atoms with van der Waals surface area (Å²) in [6.45, 7) is 4.35. The molecule has 2 aromatic rings. The van der Waals surface area contributed by atoms with Gasteiger partial charge in [-0.25, -0.2) is 4.68 Å². The SMILES string of the molecule is COc1ccc(-c2nnc3n2NC(C)C(C)S3)cc1. The van der Waals surface area contributed by atoms with Gasteiger partial charge in [-0.05, 0) is 31.2 Å². The number of nitrogens with one attached hydrogen (secondary N) is 1. The van der Waals surface area contributed by atoms with Gasteiger partial charge in [-0.1, -0.05) is 18.7 Å². The van der Waals surface area contributed by atoms with E-state index in [1.807, 2.05) is 28.9 Å². The van der Waals surface area contributed by atoms with Gasteiger partial charge in [0.15, 0.2) is 5.82 Å². The third kappa shape index (κ3) is 2.16. The summed E-state index contributed by atoms with van der Waals surface area (Å²) in [6, 6.07) is 8.22. The van der Waals surface area contributed by atoms with Gasteiger partial charge in [-0.15, -0.1) is 10.2 Å². The molecule has 0 saturated heterocycles. The largest absolute Gasteiger partial charge is 0.497 e. The lowest BCUT2D eigenvalue weighted by Gasteiger charge is -2.28. The second-order valence-corrected chi connectivity index (χ2v) is 5.96. The number of aromatic nitrogens is 3. The number of methoxy groups -OCH3 is 1. The smallest absolute Gasteiger partial charge is 0.210 e. The number of hydrogen-bond acceptors (Lipinski definition) is 5. The van der Waals surface area contributed by atoms with Crippen molar-refractivity contribution < 1.29 is 4.74 Å². The molecule has 0 spiro atoms. The molecular weight excluding hydrogens is 260 g/mol. The lowest BCUT2D eigenvalue weighted by molar-refractivity contribution is 0.415. The Balaban J connectivity index is 1.98. The highest BCUT2D eigenvalue weighted by Crippen LogP contribution is 2.31. The van der Waals surface area contributed by atoms with Crippen molar-refractivity contribution in [1.29, 1.82) is 0 Å². The minimum Gasteiger partial charge on any atom is -0.497 e. The Labute approximate surface area is 116 Å². The first-order chi connectivity index (χ1) is 9.19. The minimum absolute atomic E-state index is 0.380. The van der Waals surface area contributed by atoms with Gasteiger partial charge in [-0.3, -0.25) is 0 Å². The fourth-order valence-corrected chi connectivity index (χ4v) is 2.90. The van der Waals surface area contributed by atoms with Crippen LogP contribution in [0.1, 0.15) is 13.8 Å².